The number of ether oxygens (including phenoxy) is 1. The zero-order valence-electron chi connectivity index (χ0n) is 14.1. The van der Waals surface area contributed by atoms with E-state index < -0.39 is 15.6 Å². The van der Waals surface area contributed by atoms with Gasteiger partial charge in [0.2, 0.25) is 10.0 Å². The highest BCUT2D eigenvalue weighted by Crippen LogP contribution is 2.29. The fourth-order valence-corrected chi connectivity index (χ4v) is 4.79. The molecule has 1 aromatic heterocycles. The average molecular weight is 371 g/mol. The SMILES string of the molecule is Cc1cc(OC2CN(S(=O)(=O)c3cccc4ccccc34)C2)cc(=O)o1. The summed E-state index contributed by atoms with van der Waals surface area (Å²) >= 11 is 0. The number of hydrogen-bond acceptors (Lipinski definition) is 5. The highest BCUT2D eigenvalue weighted by molar-refractivity contribution is 7.89. The van der Waals surface area contributed by atoms with E-state index in [2.05, 4.69) is 0 Å². The Labute approximate surface area is 150 Å². The van der Waals surface area contributed by atoms with Gasteiger partial charge in [-0.15, -0.1) is 0 Å². The Morgan fingerprint density at radius 3 is 2.58 bits per heavy atom. The molecular weight excluding hydrogens is 354 g/mol. The quantitative estimate of drug-likeness (QED) is 0.704. The van der Waals surface area contributed by atoms with Gasteiger partial charge in [0, 0.05) is 11.5 Å². The Bertz CT molecular complexity index is 1120. The number of nitrogens with zero attached hydrogens (tertiary/aromatic N) is 1. The zero-order chi connectivity index (χ0) is 18.3. The molecule has 1 aliphatic rings. The van der Waals surface area contributed by atoms with Gasteiger partial charge >= 0.3 is 5.63 Å². The molecule has 0 unspecified atom stereocenters. The van der Waals surface area contributed by atoms with Crippen LogP contribution in [0.25, 0.3) is 10.8 Å². The van der Waals surface area contributed by atoms with Gasteiger partial charge in [-0.25, -0.2) is 13.2 Å². The predicted molar refractivity (Wildman–Crippen MR) is 96.8 cm³/mol. The first kappa shape index (κ1) is 16.8. The molecule has 2 aromatic carbocycles. The number of aryl methyl sites for hydroxylation is 1. The summed E-state index contributed by atoms with van der Waals surface area (Å²) in [6.45, 7) is 2.14. The molecule has 7 heteroatoms. The van der Waals surface area contributed by atoms with E-state index in [1.807, 2.05) is 30.3 Å². The molecule has 134 valence electrons. The zero-order valence-corrected chi connectivity index (χ0v) is 14.9. The van der Waals surface area contributed by atoms with Gasteiger partial charge in [0.05, 0.1) is 24.1 Å². The minimum absolute atomic E-state index is 0.241. The fourth-order valence-electron chi connectivity index (χ4n) is 3.07. The van der Waals surface area contributed by atoms with Crippen molar-refractivity contribution in [3.8, 4) is 5.75 Å². The molecule has 0 spiro atoms. The van der Waals surface area contributed by atoms with E-state index in [1.165, 1.54) is 10.4 Å². The van der Waals surface area contributed by atoms with Crippen molar-refractivity contribution in [2.75, 3.05) is 13.1 Å². The average Bonchev–Trinajstić information content (AvgIpc) is 2.56. The lowest BCUT2D eigenvalue weighted by Crippen LogP contribution is -2.56. The molecule has 0 amide bonds. The second-order valence-corrected chi connectivity index (χ2v) is 8.17. The molecule has 26 heavy (non-hydrogen) atoms. The maximum Gasteiger partial charge on any atom is 0.339 e. The number of rotatable bonds is 4. The van der Waals surface area contributed by atoms with Gasteiger partial charge in [0.1, 0.15) is 17.6 Å². The summed E-state index contributed by atoms with van der Waals surface area (Å²) in [4.78, 5) is 11.7. The Morgan fingerprint density at radius 2 is 1.81 bits per heavy atom. The van der Waals surface area contributed by atoms with Gasteiger partial charge in [-0.1, -0.05) is 36.4 Å². The van der Waals surface area contributed by atoms with Gasteiger partial charge in [0.15, 0.2) is 0 Å². The molecule has 0 N–H and O–H groups in total. The van der Waals surface area contributed by atoms with Crippen molar-refractivity contribution >= 4 is 20.8 Å². The Balaban J connectivity index is 1.53. The monoisotopic (exact) mass is 371 g/mol. The third-order valence-corrected chi connectivity index (χ3v) is 6.24. The molecule has 0 aliphatic carbocycles. The highest BCUT2D eigenvalue weighted by atomic mass is 32.2. The lowest BCUT2D eigenvalue weighted by atomic mass is 10.1. The third-order valence-electron chi connectivity index (χ3n) is 4.35. The molecular formula is C19H17NO5S. The van der Waals surface area contributed by atoms with Gasteiger partial charge in [-0.3, -0.25) is 0 Å². The number of hydrogen-bond donors (Lipinski definition) is 0. The maximum atomic E-state index is 12.9. The van der Waals surface area contributed by atoms with E-state index in [0.29, 0.717) is 21.8 Å². The van der Waals surface area contributed by atoms with Crippen molar-refractivity contribution in [2.24, 2.45) is 0 Å². The van der Waals surface area contributed by atoms with Crippen LogP contribution in [0.2, 0.25) is 0 Å². The Kier molecular flexibility index (Phi) is 4.05. The first-order valence-corrected chi connectivity index (χ1v) is 9.64. The van der Waals surface area contributed by atoms with Gasteiger partial charge < -0.3 is 9.15 Å². The van der Waals surface area contributed by atoms with Crippen molar-refractivity contribution in [2.45, 2.75) is 17.9 Å². The lowest BCUT2D eigenvalue weighted by Gasteiger charge is -2.37. The van der Waals surface area contributed by atoms with Crippen molar-refractivity contribution in [3.63, 3.8) is 0 Å². The summed E-state index contributed by atoms with van der Waals surface area (Å²) in [5, 5.41) is 1.59. The summed E-state index contributed by atoms with van der Waals surface area (Å²) in [6, 6.07) is 15.5. The molecule has 0 bridgehead atoms. The minimum atomic E-state index is -3.60. The molecule has 3 aromatic rings. The highest BCUT2D eigenvalue weighted by Gasteiger charge is 2.38. The van der Waals surface area contributed by atoms with Crippen LogP contribution >= 0.6 is 0 Å². The van der Waals surface area contributed by atoms with Crippen LogP contribution in [0.3, 0.4) is 0 Å². The largest absolute Gasteiger partial charge is 0.487 e. The van der Waals surface area contributed by atoms with Gasteiger partial charge in [-0.05, 0) is 18.4 Å². The van der Waals surface area contributed by atoms with Crippen molar-refractivity contribution < 1.29 is 17.6 Å². The first-order valence-electron chi connectivity index (χ1n) is 8.20. The molecule has 0 atom stereocenters. The van der Waals surface area contributed by atoms with E-state index in [4.69, 9.17) is 9.15 Å². The summed E-state index contributed by atoms with van der Waals surface area (Å²) < 4.78 is 37.8. The fraction of sp³-hybridized carbons (Fsp3) is 0.211. The van der Waals surface area contributed by atoms with E-state index in [0.717, 1.165) is 5.39 Å². The molecule has 1 saturated heterocycles. The number of fused-ring (bicyclic) bond motifs is 1. The van der Waals surface area contributed by atoms with Crippen LogP contribution in [-0.4, -0.2) is 31.9 Å². The molecule has 1 aliphatic heterocycles. The minimum Gasteiger partial charge on any atom is -0.487 e. The summed E-state index contributed by atoms with van der Waals surface area (Å²) in [5.74, 6) is 0.845. The van der Waals surface area contributed by atoms with Crippen LogP contribution in [-0.2, 0) is 10.0 Å². The second-order valence-electron chi connectivity index (χ2n) is 6.26. The van der Waals surface area contributed by atoms with Crippen LogP contribution in [0.15, 0.2) is 68.7 Å². The van der Waals surface area contributed by atoms with E-state index >= 15 is 0 Å². The molecule has 1 fully saturated rings. The number of sulfonamides is 1. The molecule has 4 rings (SSSR count). The summed E-state index contributed by atoms with van der Waals surface area (Å²) in [7, 11) is -3.60. The second kappa shape index (κ2) is 6.26. The van der Waals surface area contributed by atoms with Crippen LogP contribution in [0, 0.1) is 6.92 Å². The molecule has 6 nitrogen and oxygen atoms in total. The van der Waals surface area contributed by atoms with Crippen LogP contribution < -0.4 is 10.4 Å². The summed E-state index contributed by atoms with van der Waals surface area (Å²) in [5.41, 5.74) is -0.487. The Hall–Kier alpha value is -2.64. The maximum absolute atomic E-state index is 12.9. The van der Waals surface area contributed by atoms with Crippen molar-refractivity contribution in [3.05, 3.63) is 70.8 Å². The van der Waals surface area contributed by atoms with E-state index in [9.17, 15) is 13.2 Å². The molecule has 0 saturated carbocycles. The van der Waals surface area contributed by atoms with Crippen LogP contribution in [0.4, 0.5) is 0 Å². The molecule has 2 heterocycles. The number of benzene rings is 2. The normalized spacial score (nSPS) is 15.7. The smallest absolute Gasteiger partial charge is 0.339 e. The third kappa shape index (κ3) is 3.00. The lowest BCUT2D eigenvalue weighted by molar-refractivity contribution is 0.0755. The van der Waals surface area contributed by atoms with Crippen LogP contribution in [0.5, 0.6) is 5.75 Å². The Morgan fingerprint density at radius 1 is 1.08 bits per heavy atom. The summed E-state index contributed by atoms with van der Waals surface area (Å²) in [6.07, 6.45) is -0.291. The van der Waals surface area contributed by atoms with E-state index in [1.54, 1.807) is 25.1 Å². The van der Waals surface area contributed by atoms with Gasteiger partial charge in [0.25, 0.3) is 0 Å². The standard InChI is InChI=1S/C19H17NO5S/c1-13-9-15(10-19(21)24-13)25-16-11-20(12-16)26(22,23)18-8-4-6-14-5-2-3-7-17(14)18/h2-10,16H,11-12H2,1H3. The molecule has 0 radical (unpaired) electrons. The van der Waals surface area contributed by atoms with Crippen molar-refractivity contribution in [1.82, 2.24) is 4.31 Å². The topological polar surface area (TPSA) is 76.8 Å². The predicted octanol–water partition coefficient (Wildman–Crippen LogP) is 2.55. The van der Waals surface area contributed by atoms with Gasteiger partial charge in [-0.2, -0.15) is 4.31 Å². The van der Waals surface area contributed by atoms with Crippen molar-refractivity contribution in [1.29, 1.82) is 0 Å². The van der Waals surface area contributed by atoms with Crippen LogP contribution in [0.1, 0.15) is 5.76 Å². The first-order chi connectivity index (χ1) is 12.4. The van der Waals surface area contributed by atoms with E-state index in [-0.39, 0.29) is 19.2 Å².